The van der Waals surface area contributed by atoms with E-state index in [0.717, 1.165) is 42.5 Å². The summed E-state index contributed by atoms with van der Waals surface area (Å²) in [7, 11) is 3.95. The quantitative estimate of drug-likeness (QED) is 0.644. The highest BCUT2D eigenvalue weighted by molar-refractivity contribution is 5.79. The van der Waals surface area contributed by atoms with E-state index in [1.165, 1.54) is 23.2 Å². The van der Waals surface area contributed by atoms with Gasteiger partial charge in [-0.3, -0.25) is 4.99 Å². The van der Waals surface area contributed by atoms with Gasteiger partial charge in [-0.25, -0.2) is 0 Å². The van der Waals surface area contributed by atoms with Crippen LogP contribution in [0.4, 0.5) is 5.69 Å². The minimum Gasteiger partial charge on any atom is -0.454 e. The number of rotatable bonds is 4. The molecule has 0 bridgehead atoms. The van der Waals surface area contributed by atoms with Crippen LogP contribution in [0.3, 0.4) is 0 Å². The highest BCUT2D eigenvalue weighted by Gasteiger charge is 2.14. The van der Waals surface area contributed by atoms with Gasteiger partial charge in [-0.05, 0) is 47.7 Å². The largest absolute Gasteiger partial charge is 0.454 e. The molecule has 0 aromatic heterocycles. The van der Waals surface area contributed by atoms with E-state index in [0.29, 0.717) is 13.3 Å². The molecule has 0 fully saturated rings. The summed E-state index contributed by atoms with van der Waals surface area (Å²) < 4.78 is 10.8. The van der Waals surface area contributed by atoms with Gasteiger partial charge >= 0.3 is 0 Å². The standard InChI is InChI=1S/C21H26N4O2/c1-22-21(24-13-16-6-8-19-20(11-16)27-14-26-19)23-12-15-5-7-18-17(10-15)4-3-9-25(18)2/h5-8,10-11H,3-4,9,12-14H2,1-2H3,(H2,22,23,24). The molecular weight excluding hydrogens is 340 g/mol. The second-order valence-corrected chi connectivity index (χ2v) is 6.96. The lowest BCUT2D eigenvalue weighted by atomic mass is 9.99. The van der Waals surface area contributed by atoms with Gasteiger partial charge in [-0.15, -0.1) is 0 Å². The zero-order chi connectivity index (χ0) is 18.6. The van der Waals surface area contributed by atoms with Gasteiger partial charge in [0.2, 0.25) is 6.79 Å². The summed E-state index contributed by atoms with van der Waals surface area (Å²) in [6.07, 6.45) is 2.38. The fourth-order valence-corrected chi connectivity index (χ4v) is 3.59. The Morgan fingerprint density at radius 2 is 1.78 bits per heavy atom. The zero-order valence-electron chi connectivity index (χ0n) is 15.9. The number of aryl methyl sites for hydroxylation is 1. The minimum absolute atomic E-state index is 0.298. The van der Waals surface area contributed by atoms with Gasteiger partial charge in [0.15, 0.2) is 17.5 Å². The lowest BCUT2D eigenvalue weighted by Crippen LogP contribution is -2.36. The second-order valence-electron chi connectivity index (χ2n) is 6.96. The predicted molar refractivity (Wildman–Crippen MR) is 108 cm³/mol. The normalized spacial score (nSPS) is 15.5. The molecule has 4 rings (SSSR count). The van der Waals surface area contributed by atoms with Crippen molar-refractivity contribution in [2.24, 2.45) is 4.99 Å². The van der Waals surface area contributed by atoms with Crippen LogP contribution in [0.1, 0.15) is 23.1 Å². The lowest BCUT2D eigenvalue weighted by molar-refractivity contribution is 0.174. The number of ether oxygens (including phenoxy) is 2. The van der Waals surface area contributed by atoms with Crippen molar-refractivity contribution in [1.29, 1.82) is 0 Å². The summed E-state index contributed by atoms with van der Waals surface area (Å²) >= 11 is 0. The number of hydrogen-bond acceptors (Lipinski definition) is 4. The third kappa shape index (κ3) is 3.94. The van der Waals surface area contributed by atoms with Crippen LogP contribution in [0, 0.1) is 0 Å². The van der Waals surface area contributed by atoms with Gasteiger partial charge in [-0.1, -0.05) is 18.2 Å². The molecule has 0 spiro atoms. The number of fused-ring (bicyclic) bond motifs is 2. The molecule has 2 aliphatic rings. The van der Waals surface area contributed by atoms with Gasteiger partial charge < -0.3 is 25.0 Å². The average Bonchev–Trinajstić information content (AvgIpc) is 3.16. The van der Waals surface area contributed by atoms with Crippen LogP contribution in [0.15, 0.2) is 41.4 Å². The first-order chi connectivity index (χ1) is 13.2. The van der Waals surface area contributed by atoms with Crippen molar-refractivity contribution in [2.75, 3.05) is 32.3 Å². The number of benzene rings is 2. The smallest absolute Gasteiger partial charge is 0.231 e. The van der Waals surface area contributed by atoms with E-state index < -0.39 is 0 Å². The van der Waals surface area contributed by atoms with Crippen LogP contribution in [0.5, 0.6) is 11.5 Å². The molecule has 0 saturated carbocycles. The summed E-state index contributed by atoms with van der Waals surface area (Å²) in [5, 5.41) is 6.75. The molecule has 6 heteroatoms. The lowest BCUT2D eigenvalue weighted by Gasteiger charge is -2.28. The number of nitrogens with zero attached hydrogens (tertiary/aromatic N) is 2. The van der Waals surface area contributed by atoms with Crippen molar-refractivity contribution >= 4 is 11.6 Å². The average molecular weight is 366 g/mol. The highest BCUT2D eigenvalue weighted by Crippen LogP contribution is 2.32. The molecule has 0 saturated heterocycles. The fraction of sp³-hybridized carbons (Fsp3) is 0.381. The summed E-state index contributed by atoms with van der Waals surface area (Å²) in [4.78, 5) is 6.66. The van der Waals surface area contributed by atoms with Crippen LogP contribution in [-0.2, 0) is 19.5 Å². The molecule has 2 aromatic carbocycles. The zero-order valence-corrected chi connectivity index (χ0v) is 15.9. The number of guanidine groups is 1. The number of anilines is 1. The van der Waals surface area contributed by atoms with Crippen molar-refractivity contribution in [3.05, 3.63) is 53.1 Å². The molecule has 0 radical (unpaired) electrons. The Morgan fingerprint density at radius 3 is 2.59 bits per heavy atom. The fourth-order valence-electron chi connectivity index (χ4n) is 3.59. The summed E-state index contributed by atoms with van der Waals surface area (Å²) in [6, 6.07) is 12.7. The van der Waals surface area contributed by atoms with Crippen molar-refractivity contribution in [3.8, 4) is 11.5 Å². The van der Waals surface area contributed by atoms with Gasteiger partial charge in [0.1, 0.15) is 0 Å². The highest BCUT2D eigenvalue weighted by atomic mass is 16.7. The Balaban J connectivity index is 1.33. The molecule has 0 atom stereocenters. The monoisotopic (exact) mass is 366 g/mol. The van der Waals surface area contributed by atoms with Crippen LogP contribution in [0.2, 0.25) is 0 Å². The number of nitrogens with one attached hydrogen (secondary N) is 2. The maximum Gasteiger partial charge on any atom is 0.231 e. The van der Waals surface area contributed by atoms with Gasteiger partial charge in [0.05, 0.1) is 0 Å². The van der Waals surface area contributed by atoms with E-state index in [1.54, 1.807) is 7.05 Å². The Bertz CT molecular complexity index is 850. The summed E-state index contributed by atoms with van der Waals surface area (Å²) in [5.74, 6) is 2.39. The third-order valence-corrected chi connectivity index (χ3v) is 5.08. The molecule has 27 heavy (non-hydrogen) atoms. The summed E-state index contributed by atoms with van der Waals surface area (Å²) in [6.45, 7) is 2.86. The molecule has 2 N–H and O–H groups in total. The molecule has 2 heterocycles. The molecule has 0 unspecified atom stereocenters. The van der Waals surface area contributed by atoms with Gasteiger partial charge in [0, 0.05) is 39.4 Å². The molecule has 142 valence electrons. The van der Waals surface area contributed by atoms with Crippen molar-refractivity contribution < 1.29 is 9.47 Å². The topological polar surface area (TPSA) is 58.1 Å². The summed E-state index contributed by atoms with van der Waals surface area (Å²) in [5.41, 5.74) is 5.19. The van der Waals surface area contributed by atoms with Crippen LogP contribution < -0.4 is 25.0 Å². The molecule has 0 aliphatic carbocycles. The second kappa shape index (κ2) is 7.78. The van der Waals surface area contributed by atoms with E-state index in [-0.39, 0.29) is 0 Å². The van der Waals surface area contributed by atoms with Crippen molar-refractivity contribution in [3.63, 3.8) is 0 Å². The Labute approximate surface area is 160 Å². The number of aliphatic imine (C=N–C) groups is 1. The Hall–Kier alpha value is -2.89. The Kier molecular flexibility index (Phi) is 5.05. The first-order valence-corrected chi connectivity index (χ1v) is 9.39. The van der Waals surface area contributed by atoms with Crippen molar-refractivity contribution in [1.82, 2.24) is 10.6 Å². The van der Waals surface area contributed by atoms with E-state index in [1.807, 2.05) is 18.2 Å². The maximum absolute atomic E-state index is 5.43. The maximum atomic E-state index is 5.43. The molecular formula is C21H26N4O2. The van der Waals surface area contributed by atoms with E-state index in [4.69, 9.17) is 9.47 Å². The minimum atomic E-state index is 0.298. The number of hydrogen-bond donors (Lipinski definition) is 2. The van der Waals surface area contributed by atoms with Gasteiger partial charge in [0.25, 0.3) is 0 Å². The Morgan fingerprint density at radius 1 is 1.04 bits per heavy atom. The van der Waals surface area contributed by atoms with Crippen molar-refractivity contribution in [2.45, 2.75) is 25.9 Å². The van der Waals surface area contributed by atoms with Crippen LogP contribution in [-0.4, -0.2) is 33.4 Å². The molecule has 2 aromatic rings. The first-order valence-electron chi connectivity index (χ1n) is 9.39. The van der Waals surface area contributed by atoms with Gasteiger partial charge in [-0.2, -0.15) is 0 Å². The van der Waals surface area contributed by atoms with Crippen LogP contribution in [0.25, 0.3) is 0 Å². The first kappa shape index (κ1) is 17.5. The van der Waals surface area contributed by atoms with Crippen LogP contribution >= 0.6 is 0 Å². The van der Waals surface area contributed by atoms with E-state index in [2.05, 4.69) is 45.8 Å². The van der Waals surface area contributed by atoms with E-state index in [9.17, 15) is 0 Å². The molecule has 0 amide bonds. The third-order valence-electron chi connectivity index (χ3n) is 5.08. The molecule has 6 nitrogen and oxygen atoms in total. The molecule has 2 aliphatic heterocycles. The SMILES string of the molecule is CN=C(NCc1ccc2c(c1)CCCN2C)NCc1ccc2c(c1)OCO2. The van der Waals surface area contributed by atoms with E-state index >= 15 is 0 Å². The predicted octanol–water partition coefficient (Wildman–Crippen LogP) is 2.66.